The van der Waals surface area contributed by atoms with Gasteiger partial charge in [0.25, 0.3) is 5.91 Å². The molecule has 3 aromatic carbocycles. The van der Waals surface area contributed by atoms with Crippen LogP contribution in [0.25, 0.3) is 0 Å². The number of nitrogens with one attached hydrogen (secondary N) is 1. The molecule has 2 aliphatic rings. The van der Waals surface area contributed by atoms with E-state index in [0.29, 0.717) is 5.75 Å². The first kappa shape index (κ1) is 33.3. The number of nitrogens with zero attached hydrogens (tertiary/aromatic N) is 4. The highest BCUT2D eigenvalue weighted by Gasteiger charge is 2.40. The summed E-state index contributed by atoms with van der Waals surface area (Å²) in [5.74, 6) is -0.216. The molecule has 2 aliphatic heterocycles. The first-order valence-corrected chi connectivity index (χ1v) is 16.6. The summed E-state index contributed by atoms with van der Waals surface area (Å²) in [6.07, 6.45) is -0.357. The summed E-state index contributed by atoms with van der Waals surface area (Å²) in [6.45, 7) is 2.18. The van der Waals surface area contributed by atoms with Crippen LogP contribution in [0.5, 0.6) is 0 Å². The predicted molar refractivity (Wildman–Crippen MR) is 175 cm³/mol. The highest BCUT2D eigenvalue weighted by atomic mass is 32.2. The van der Waals surface area contributed by atoms with Crippen molar-refractivity contribution in [3.8, 4) is 0 Å². The minimum Gasteiger partial charge on any atom is -0.445 e. The molecule has 1 aromatic heterocycles. The molecule has 2 N–H and O–H groups in total. The highest BCUT2D eigenvalue weighted by molar-refractivity contribution is 7.99. The fourth-order valence-corrected chi connectivity index (χ4v) is 6.75. The largest absolute Gasteiger partial charge is 0.445 e. The Bertz CT molecular complexity index is 1720. The normalized spacial score (nSPS) is 22.6. The molecule has 250 valence electrons. The van der Waals surface area contributed by atoms with E-state index in [-0.39, 0.29) is 50.2 Å². The minimum absolute atomic E-state index is 0.00518. The molecule has 6 rings (SSSR count). The molecule has 3 amide bonds. The molecule has 2 fully saturated rings. The average Bonchev–Trinajstić information content (AvgIpc) is 3.64. The Morgan fingerprint density at radius 2 is 1.69 bits per heavy atom. The number of ether oxygens (including phenoxy) is 3. The fourth-order valence-electron chi connectivity index (χ4n) is 5.70. The Balaban J connectivity index is 1.10. The van der Waals surface area contributed by atoms with Gasteiger partial charge in [0.1, 0.15) is 19.0 Å². The number of amides is 3. The monoisotopic (exact) mass is 671 g/mol. The Morgan fingerprint density at radius 1 is 0.979 bits per heavy atom. The first-order valence-electron chi connectivity index (χ1n) is 15.7. The van der Waals surface area contributed by atoms with Crippen LogP contribution in [0.3, 0.4) is 0 Å². The summed E-state index contributed by atoms with van der Waals surface area (Å²) in [7, 11) is 1.90. The second kappa shape index (κ2) is 15.1. The van der Waals surface area contributed by atoms with E-state index in [9.17, 15) is 19.5 Å². The maximum Gasteiger partial charge on any atom is 0.408 e. The van der Waals surface area contributed by atoms with Crippen LogP contribution in [-0.4, -0.2) is 60.6 Å². The molecule has 12 nitrogen and oxygen atoms in total. The molecule has 13 heteroatoms. The Hall–Kier alpha value is -4.56. The van der Waals surface area contributed by atoms with E-state index in [1.807, 2.05) is 90.5 Å². The summed E-state index contributed by atoms with van der Waals surface area (Å²) >= 11 is 1.56. The number of aliphatic hydroxyl groups excluding tert-OH is 1. The average molecular weight is 672 g/mol. The van der Waals surface area contributed by atoms with Crippen molar-refractivity contribution in [3.63, 3.8) is 0 Å². The zero-order valence-corrected chi connectivity index (χ0v) is 27.4. The number of carbonyl (C=O) groups excluding carboxylic acids is 3. The molecule has 0 saturated carbocycles. The van der Waals surface area contributed by atoms with E-state index in [1.54, 1.807) is 18.1 Å². The summed E-state index contributed by atoms with van der Waals surface area (Å²) < 4.78 is 20.1. The zero-order chi connectivity index (χ0) is 33.6. The molecule has 0 aliphatic carbocycles. The number of alkyl carbamates (subject to hydrolysis) is 1. The lowest BCUT2D eigenvalue weighted by Gasteiger charge is -2.41. The van der Waals surface area contributed by atoms with Gasteiger partial charge in [-0.3, -0.25) is 14.5 Å². The molecule has 0 radical (unpaired) electrons. The lowest BCUT2D eigenvalue weighted by Crippen LogP contribution is -2.41. The van der Waals surface area contributed by atoms with Gasteiger partial charge in [0, 0.05) is 24.3 Å². The van der Waals surface area contributed by atoms with Crippen LogP contribution < -0.4 is 5.32 Å². The quantitative estimate of drug-likeness (QED) is 0.173. The molecule has 5 atom stereocenters. The number of imide groups is 1. The number of thioether (sulfide) groups is 1. The smallest absolute Gasteiger partial charge is 0.408 e. The van der Waals surface area contributed by atoms with E-state index in [1.165, 1.54) is 0 Å². The number of rotatable bonds is 11. The van der Waals surface area contributed by atoms with Gasteiger partial charge in [0.15, 0.2) is 11.4 Å². The highest BCUT2D eigenvalue weighted by Crippen LogP contribution is 2.43. The third kappa shape index (κ3) is 7.76. The van der Waals surface area contributed by atoms with Crippen molar-refractivity contribution in [3.05, 3.63) is 113 Å². The maximum atomic E-state index is 13.1. The number of carbonyl (C=O) groups is 3. The second-order valence-electron chi connectivity index (χ2n) is 11.9. The van der Waals surface area contributed by atoms with Gasteiger partial charge in [0.2, 0.25) is 5.91 Å². The first-order chi connectivity index (χ1) is 23.3. The van der Waals surface area contributed by atoms with E-state index < -0.39 is 24.3 Å². The van der Waals surface area contributed by atoms with Crippen LogP contribution in [0.4, 0.5) is 4.79 Å². The molecule has 0 bridgehead atoms. The van der Waals surface area contributed by atoms with Gasteiger partial charge in [-0.15, -0.1) is 10.2 Å². The molecule has 4 aromatic rings. The van der Waals surface area contributed by atoms with E-state index in [0.717, 1.165) is 37.9 Å². The van der Waals surface area contributed by atoms with Gasteiger partial charge in [0.05, 0.1) is 31.8 Å². The fraction of sp³-hybridized carbons (Fsp3) is 0.343. The summed E-state index contributed by atoms with van der Waals surface area (Å²) in [4.78, 5) is 39.3. The molecule has 5 unspecified atom stereocenters. The van der Waals surface area contributed by atoms with E-state index in [2.05, 4.69) is 22.4 Å². The topological polar surface area (TPSA) is 145 Å². The van der Waals surface area contributed by atoms with Crippen LogP contribution >= 0.6 is 11.8 Å². The van der Waals surface area contributed by atoms with Crippen molar-refractivity contribution in [1.82, 2.24) is 25.0 Å². The Morgan fingerprint density at radius 3 is 2.38 bits per heavy atom. The standard InChI is InChI=1S/C35H37N5O7S/c1-22-29(20-48-34-38-36-21-39(34)2)46-33(47-31(22)26-12-10-24(18-41)11-13-26)27-14-8-23(9-15-27)17-40-30(42)16-28(32(40)43)37-35(44)45-19-25-6-4-3-5-7-25/h3-15,21-22,28-29,31,33,41H,16-20H2,1-2H3,(H,37,44). The third-order valence-electron chi connectivity index (χ3n) is 8.51. The van der Waals surface area contributed by atoms with Gasteiger partial charge < -0.3 is 29.2 Å². The van der Waals surface area contributed by atoms with Crippen molar-refractivity contribution in [1.29, 1.82) is 0 Å². The van der Waals surface area contributed by atoms with Crippen molar-refractivity contribution < 1.29 is 33.7 Å². The molecular weight excluding hydrogens is 634 g/mol. The predicted octanol–water partition coefficient (Wildman–Crippen LogP) is 4.45. The number of aliphatic hydroxyl groups is 1. The third-order valence-corrected chi connectivity index (χ3v) is 9.63. The Kier molecular flexibility index (Phi) is 10.5. The van der Waals surface area contributed by atoms with Crippen LogP contribution in [0.2, 0.25) is 0 Å². The van der Waals surface area contributed by atoms with Crippen molar-refractivity contribution >= 4 is 29.7 Å². The number of hydrogen-bond donors (Lipinski definition) is 2. The van der Waals surface area contributed by atoms with Gasteiger partial charge in [-0.05, 0) is 22.3 Å². The van der Waals surface area contributed by atoms with Crippen molar-refractivity contribution in [2.24, 2.45) is 13.0 Å². The lowest BCUT2D eigenvalue weighted by molar-refractivity contribution is -0.268. The maximum absolute atomic E-state index is 13.1. The number of hydrogen-bond acceptors (Lipinski definition) is 10. The van der Waals surface area contributed by atoms with Crippen molar-refractivity contribution in [2.45, 2.75) is 62.8 Å². The molecule has 48 heavy (non-hydrogen) atoms. The van der Waals surface area contributed by atoms with Crippen LogP contribution in [0.1, 0.15) is 53.6 Å². The zero-order valence-electron chi connectivity index (χ0n) is 26.6. The van der Waals surface area contributed by atoms with Gasteiger partial charge in [-0.2, -0.15) is 0 Å². The SMILES string of the molecule is CC1C(CSc2nncn2C)OC(c2ccc(CN3C(=O)CC(NC(=O)OCc4ccccc4)C3=O)cc2)OC1c1ccc(CO)cc1. The Labute approximate surface area is 282 Å². The number of aryl methyl sites for hydroxylation is 1. The van der Waals surface area contributed by atoms with Gasteiger partial charge in [-0.1, -0.05) is 97.5 Å². The molecule has 2 saturated heterocycles. The van der Waals surface area contributed by atoms with E-state index in [4.69, 9.17) is 14.2 Å². The van der Waals surface area contributed by atoms with Crippen LogP contribution in [-0.2, 0) is 50.6 Å². The van der Waals surface area contributed by atoms with Crippen LogP contribution in [0.15, 0.2) is 90.3 Å². The van der Waals surface area contributed by atoms with Gasteiger partial charge >= 0.3 is 6.09 Å². The molecular formula is C35H37N5O7S. The van der Waals surface area contributed by atoms with Gasteiger partial charge in [-0.25, -0.2) is 4.79 Å². The second-order valence-corrected chi connectivity index (χ2v) is 12.9. The number of benzene rings is 3. The molecule has 0 spiro atoms. The lowest BCUT2D eigenvalue weighted by atomic mass is 9.91. The minimum atomic E-state index is -0.981. The summed E-state index contributed by atoms with van der Waals surface area (Å²) in [5, 5.41) is 21.0. The van der Waals surface area contributed by atoms with E-state index >= 15 is 0 Å². The summed E-state index contributed by atoms with van der Waals surface area (Å²) in [6, 6.07) is 23.4. The number of likely N-dealkylation sites (tertiary alicyclic amines) is 1. The molecule has 3 heterocycles. The van der Waals surface area contributed by atoms with Crippen LogP contribution in [0, 0.1) is 5.92 Å². The van der Waals surface area contributed by atoms with Crippen molar-refractivity contribution in [2.75, 3.05) is 5.75 Å². The number of aromatic nitrogens is 3. The summed E-state index contributed by atoms with van der Waals surface area (Å²) in [5.41, 5.74) is 4.14.